The first kappa shape index (κ1) is 17.2. The van der Waals surface area contributed by atoms with Crippen molar-refractivity contribution < 1.29 is 4.74 Å². The van der Waals surface area contributed by atoms with Gasteiger partial charge in [0.05, 0.1) is 18.3 Å². The summed E-state index contributed by atoms with van der Waals surface area (Å²) in [6.45, 7) is 4.43. The van der Waals surface area contributed by atoms with Crippen LogP contribution in [0.1, 0.15) is 24.1 Å². The van der Waals surface area contributed by atoms with Gasteiger partial charge in [0.2, 0.25) is 0 Å². The van der Waals surface area contributed by atoms with Crippen molar-refractivity contribution in [3.8, 4) is 0 Å². The van der Waals surface area contributed by atoms with Gasteiger partial charge in [0.25, 0.3) is 0 Å². The summed E-state index contributed by atoms with van der Waals surface area (Å²) < 4.78 is 5.57. The van der Waals surface area contributed by atoms with Crippen LogP contribution in [0.4, 0.5) is 0 Å². The summed E-state index contributed by atoms with van der Waals surface area (Å²) in [6.07, 6.45) is 4.41. The normalized spacial score (nSPS) is 18.5. The van der Waals surface area contributed by atoms with E-state index in [-0.39, 0.29) is 24.0 Å². The minimum Gasteiger partial charge on any atom is -0.376 e. The molecule has 2 rings (SSSR count). The highest BCUT2D eigenvalue weighted by atomic mass is 127. The Hall–Kier alpha value is -0.890. The smallest absolute Gasteiger partial charge is 0.191 e. The van der Waals surface area contributed by atoms with Gasteiger partial charge in [-0.1, -0.05) is 6.07 Å². The number of guanidine groups is 1. The largest absolute Gasteiger partial charge is 0.376 e. The zero-order valence-electron chi connectivity index (χ0n) is 12.1. The molecule has 1 unspecified atom stereocenters. The fourth-order valence-corrected chi connectivity index (χ4v) is 2.11. The SMILES string of the molecule is CN=C(NCc1ncccc1C)NCC1CCCO1.I. The Morgan fingerprint density at radius 3 is 3.00 bits per heavy atom. The van der Waals surface area contributed by atoms with Crippen molar-refractivity contribution in [3.05, 3.63) is 29.6 Å². The van der Waals surface area contributed by atoms with E-state index in [2.05, 4.69) is 33.6 Å². The molecule has 20 heavy (non-hydrogen) atoms. The zero-order chi connectivity index (χ0) is 13.5. The Labute approximate surface area is 137 Å². The Kier molecular flexibility index (Phi) is 7.83. The van der Waals surface area contributed by atoms with Gasteiger partial charge in [-0.05, 0) is 31.4 Å². The van der Waals surface area contributed by atoms with E-state index < -0.39 is 0 Å². The van der Waals surface area contributed by atoms with E-state index in [1.807, 2.05) is 12.3 Å². The van der Waals surface area contributed by atoms with Gasteiger partial charge in [0.15, 0.2) is 5.96 Å². The molecule has 0 amide bonds. The maximum absolute atomic E-state index is 5.57. The second-order valence-electron chi connectivity index (χ2n) is 4.71. The summed E-state index contributed by atoms with van der Waals surface area (Å²) in [4.78, 5) is 8.56. The van der Waals surface area contributed by atoms with E-state index in [0.29, 0.717) is 12.6 Å². The first-order valence-electron chi connectivity index (χ1n) is 6.76. The first-order valence-corrected chi connectivity index (χ1v) is 6.76. The molecule has 1 saturated heterocycles. The molecule has 1 atom stereocenters. The topological polar surface area (TPSA) is 58.5 Å². The third-order valence-electron chi connectivity index (χ3n) is 3.29. The lowest BCUT2D eigenvalue weighted by atomic mass is 10.2. The minimum absolute atomic E-state index is 0. The van der Waals surface area contributed by atoms with Crippen molar-refractivity contribution in [1.29, 1.82) is 0 Å². The number of aliphatic imine (C=N–C) groups is 1. The van der Waals surface area contributed by atoms with Crippen LogP contribution in [0.25, 0.3) is 0 Å². The Balaban J connectivity index is 0.00000200. The van der Waals surface area contributed by atoms with E-state index in [1.54, 1.807) is 7.05 Å². The molecule has 1 aliphatic rings. The molecule has 0 spiro atoms. The van der Waals surface area contributed by atoms with Crippen molar-refractivity contribution in [1.82, 2.24) is 15.6 Å². The Morgan fingerprint density at radius 2 is 2.35 bits per heavy atom. The summed E-state index contributed by atoms with van der Waals surface area (Å²) in [5.41, 5.74) is 2.23. The van der Waals surface area contributed by atoms with Crippen LogP contribution in [0, 0.1) is 6.92 Å². The molecular formula is C14H23IN4O. The highest BCUT2D eigenvalue weighted by Crippen LogP contribution is 2.10. The number of hydrogen-bond donors (Lipinski definition) is 2. The first-order chi connectivity index (χ1) is 9.29. The van der Waals surface area contributed by atoms with Gasteiger partial charge < -0.3 is 15.4 Å². The van der Waals surface area contributed by atoms with Crippen LogP contribution in [0.2, 0.25) is 0 Å². The van der Waals surface area contributed by atoms with Crippen LogP contribution in [-0.2, 0) is 11.3 Å². The molecule has 1 aromatic heterocycles. The molecule has 1 aromatic rings. The van der Waals surface area contributed by atoms with Gasteiger partial charge >= 0.3 is 0 Å². The lowest BCUT2D eigenvalue weighted by Gasteiger charge is -2.15. The number of pyridine rings is 1. The van der Waals surface area contributed by atoms with Crippen molar-refractivity contribution in [3.63, 3.8) is 0 Å². The Bertz CT molecular complexity index is 433. The van der Waals surface area contributed by atoms with E-state index in [4.69, 9.17) is 4.74 Å². The monoisotopic (exact) mass is 390 g/mol. The molecular weight excluding hydrogens is 367 g/mol. The number of ether oxygens (including phenoxy) is 1. The molecule has 112 valence electrons. The summed E-state index contributed by atoms with van der Waals surface area (Å²) in [6, 6.07) is 4.01. The maximum atomic E-state index is 5.57. The van der Waals surface area contributed by atoms with Crippen LogP contribution in [-0.4, -0.2) is 37.2 Å². The average Bonchev–Trinajstić information content (AvgIpc) is 2.94. The van der Waals surface area contributed by atoms with Crippen LogP contribution < -0.4 is 10.6 Å². The van der Waals surface area contributed by atoms with Crippen molar-refractivity contribution >= 4 is 29.9 Å². The van der Waals surface area contributed by atoms with Crippen molar-refractivity contribution in [2.45, 2.75) is 32.4 Å². The number of hydrogen-bond acceptors (Lipinski definition) is 3. The third kappa shape index (κ3) is 5.24. The van der Waals surface area contributed by atoms with Gasteiger partial charge in [-0.25, -0.2) is 0 Å². The van der Waals surface area contributed by atoms with Gasteiger partial charge in [-0.15, -0.1) is 24.0 Å². The van der Waals surface area contributed by atoms with Crippen LogP contribution in [0.5, 0.6) is 0 Å². The molecule has 0 aliphatic carbocycles. The number of nitrogens with zero attached hydrogens (tertiary/aromatic N) is 2. The van der Waals surface area contributed by atoms with E-state index in [9.17, 15) is 0 Å². The molecule has 0 radical (unpaired) electrons. The Morgan fingerprint density at radius 1 is 1.50 bits per heavy atom. The zero-order valence-corrected chi connectivity index (χ0v) is 14.4. The molecule has 1 fully saturated rings. The van der Waals surface area contributed by atoms with Crippen molar-refractivity contribution in [2.24, 2.45) is 4.99 Å². The fourth-order valence-electron chi connectivity index (χ4n) is 2.11. The second-order valence-corrected chi connectivity index (χ2v) is 4.71. The summed E-state index contributed by atoms with van der Waals surface area (Å²) in [7, 11) is 1.77. The lowest BCUT2D eigenvalue weighted by Crippen LogP contribution is -2.40. The fraction of sp³-hybridized carbons (Fsp3) is 0.571. The number of halogens is 1. The molecule has 2 heterocycles. The van der Waals surface area contributed by atoms with Crippen molar-refractivity contribution in [2.75, 3.05) is 20.2 Å². The molecule has 6 heteroatoms. The quantitative estimate of drug-likeness (QED) is 0.468. The summed E-state index contributed by atoms with van der Waals surface area (Å²) in [5, 5.41) is 6.56. The standard InChI is InChI=1S/C14H22N4O.HI/c1-11-5-3-7-16-13(11)10-18-14(15-2)17-9-12-6-4-8-19-12;/h3,5,7,12H,4,6,8-10H2,1-2H3,(H2,15,17,18);1H. The van der Waals surface area contributed by atoms with Crippen LogP contribution in [0.15, 0.2) is 23.3 Å². The highest BCUT2D eigenvalue weighted by Gasteiger charge is 2.15. The lowest BCUT2D eigenvalue weighted by molar-refractivity contribution is 0.114. The maximum Gasteiger partial charge on any atom is 0.191 e. The molecule has 0 aromatic carbocycles. The molecule has 1 aliphatic heterocycles. The van der Waals surface area contributed by atoms with Gasteiger partial charge in [0, 0.05) is 26.4 Å². The molecule has 2 N–H and O–H groups in total. The average molecular weight is 390 g/mol. The number of aromatic nitrogens is 1. The van der Waals surface area contributed by atoms with E-state index in [1.165, 1.54) is 5.56 Å². The predicted octanol–water partition coefficient (Wildman–Crippen LogP) is 1.85. The predicted molar refractivity (Wildman–Crippen MR) is 91.6 cm³/mol. The van der Waals surface area contributed by atoms with Crippen LogP contribution in [0.3, 0.4) is 0 Å². The van der Waals surface area contributed by atoms with Gasteiger partial charge in [-0.2, -0.15) is 0 Å². The highest BCUT2D eigenvalue weighted by molar-refractivity contribution is 14.0. The molecule has 0 bridgehead atoms. The number of aryl methyl sites for hydroxylation is 1. The van der Waals surface area contributed by atoms with Gasteiger partial charge in [-0.3, -0.25) is 9.98 Å². The number of rotatable bonds is 4. The summed E-state index contributed by atoms with van der Waals surface area (Å²) in [5.74, 6) is 0.792. The molecule has 5 nitrogen and oxygen atoms in total. The van der Waals surface area contributed by atoms with E-state index >= 15 is 0 Å². The van der Waals surface area contributed by atoms with Crippen LogP contribution >= 0.6 is 24.0 Å². The summed E-state index contributed by atoms with van der Waals surface area (Å²) >= 11 is 0. The third-order valence-corrected chi connectivity index (χ3v) is 3.29. The number of nitrogens with one attached hydrogen (secondary N) is 2. The van der Waals surface area contributed by atoms with E-state index in [0.717, 1.165) is 37.6 Å². The minimum atomic E-state index is 0. The van der Waals surface area contributed by atoms with Gasteiger partial charge in [0.1, 0.15) is 0 Å². The molecule has 0 saturated carbocycles. The second kappa shape index (κ2) is 9.12.